The van der Waals surface area contributed by atoms with Crippen LogP contribution in [0.4, 0.5) is 0 Å². The number of ether oxygens (including phenoxy) is 4. The van der Waals surface area contributed by atoms with Gasteiger partial charge in [0.15, 0.2) is 0 Å². The van der Waals surface area contributed by atoms with Crippen molar-refractivity contribution in [3.8, 4) is 22.6 Å². The van der Waals surface area contributed by atoms with Gasteiger partial charge >= 0.3 is 17.9 Å². The zero-order valence-corrected chi connectivity index (χ0v) is 27.2. The van der Waals surface area contributed by atoms with E-state index in [1.165, 1.54) is 5.56 Å². The molecule has 0 aliphatic heterocycles. The number of hydrogen-bond acceptors (Lipinski definition) is 7. The van der Waals surface area contributed by atoms with Crippen LogP contribution in [0.5, 0.6) is 11.5 Å². The molecule has 0 saturated heterocycles. The van der Waals surface area contributed by atoms with E-state index < -0.39 is 5.97 Å². The van der Waals surface area contributed by atoms with Crippen LogP contribution in [-0.2, 0) is 25.5 Å². The molecule has 3 rings (SSSR count). The van der Waals surface area contributed by atoms with Crippen LogP contribution in [-0.4, -0.2) is 37.7 Å². The normalized spacial score (nSPS) is 10.6. The highest BCUT2D eigenvalue weighted by molar-refractivity contribution is 5.91. The van der Waals surface area contributed by atoms with Crippen LogP contribution < -0.4 is 9.47 Å². The lowest BCUT2D eigenvalue weighted by molar-refractivity contribution is -0.139. The molecular weight excluding hydrogens is 580 g/mol. The van der Waals surface area contributed by atoms with Crippen molar-refractivity contribution in [2.45, 2.75) is 71.6 Å². The van der Waals surface area contributed by atoms with Gasteiger partial charge in [-0.1, -0.05) is 62.4 Å². The molecule has 0 spiro atoms. The number of benzene rings is 3. The predicted molar refractivity (Wildman–Crippen MR) is 181 cm³/mol. The van der Waals surface area contributed by atoms with E-state index in [0.29, 0.717) is 48.0 Å². The molecule has 7 nitrogen and oxygen atoms in total. The SMILES string of the molecule is C=C(C)C(=O)OCCCCCCOc1ccc(C(=O)Oc2ccc(-c3ccc(CCCCCCOC(=O)C(=C)C)cc3)cc2)cc1. The number of unbranched alkanes of at least 4 members (excludes halogenated alkanes) is 6. The minimum absolute atomic E-state index is 0.318. The Morgan fingerprint density at radius 2 is 1.00 bits per heavy atom. The van der Waals surface area contributed by atoms with Crippen molar-refractivity contribution in [2.24, 2.45) is 0 Å². The molecule has 0 fully saturated rings. The van der Waals surface area contributed by atoms with Crippen molar-refractivity contribution in [1.82, 2.24) is 0 Å². The van der Waals surface area contributed by atoms with Crippen LogP contribution in [0.25, 0.3) is 11.1 Å². The standard InChI is InChI=1S/C39H46O7/c1-29(2)37(40)44-27-11-6-5-9-13-31-14-16-32(17-15-31)33-18-24-36(25-19-33)46-39(42)34-20-22-35(23-21-34)43-26-10-7-8-12-28-45-38(41)30(3)4/h14-25H,1,3,5-13,26-28H2,2,4H3. The highest BCUT2D eigenvalue weighted by Gasteiger charge is 2.10. The summed E-state index contributed by atoms with van der Waals surface area (Å²) in [6, 6.07) is 23.0. The molecule has 0 unspecified atom stereocenters. The third kappa shape index (κ3) is 13.1. The third-order valence-corrected chi connectivity index (χ3v) is 7.27. The van der Waals surface area contributed by atoms with E-state index >= 15 is 0 Å². The molecule has 0 N–H and O–H groups in total. The van der Waals surface area contributed by atoms with E-state index in [0.717, 1.165) is 68.9 Å². The lowest BCUT2D eigenvalue weighted by Crippen LogP contribution is -2.08. The number of esters is 3. The van der Waals surface area contributed by atoms with Gasteiger partial charge < -0.3 is 18.9 Å². The first-order chi connectivity index (χ1) is 22.2. The average molecular weight is 627 g/mol. The summed E-state index contributed by atoms with van der Waals surface area (Å²) in [6.07, 6.45) is 8.70. The van der Waals surface area contributed by atoms with Crippen LogP contribution in [0.2, 0.25) is 0 Å². The molecule has 0 aromatic heterocycles. The van der Waals surface area contributed by atoms with Crippen molar-refractivity contribution < 1.29 is 33.3 Å². The minimum atomic E-state index is -0.427. The van der Waals surface area contributed by atoms with Gasteiger partial charge in [-0.15, -0.1) is 0 Å². The number of aryl methyl sites for hydroxylation is 1. The third-order valence-electron chi connectivity index (χ3n) is 7.27. The van der Waals surface area contributed by atoms with E-state index in [1.54, 1.807) is 50.2 Å². The van der Waals surface area contributed by atoms with Gasteiger partial charge in [0.05, 0.1) is 25.4 Å². The Kier molecular flexibility index (Phi) is 15.3. The van der Waals surface area contributed by atoms with Gasteiger partial charge in [-0.05, 0) is 112 Å². The second-order valence-corrected chi connectivity index (χ2v) is 11.4. The Hall–Kier alpha value is -4.65. The molecule has 7 heteroatoms. The molecule has 0 radical (unpaired) electrons. The highest BCUT2D eigenvalue weighted by Crippen LogP contribution is 2.24. The fourth-order valence-electron chi connectivity index (χ4n) is 4.54. The second kappa shape index (κ2) is 19.7. The second-order valence-electron chi connectivity index (χ2n) is 11.4. The lowest BCUT2D eigenvalue weighted by atomic mass is 10.0. The van der Waals surface area contributed by atoms with Gasteiger partial charge in [0.2, 0.25) is 0 Å². The fourth-order valence-corrected chi connectivity index (χ4v) is 4.54. The van der Waals surface area contributed by atoms with Gasteiger partial charge in [-0.2, -0.15) is 0 Å². The van der Waals surface area contributed by atoms with Gasteiger partial charge in [-0.3, -0.25) is 0 Å². The van der Waals surface area contributed by atoms with Gasteiger partial charge in [0.1, 0.15) is 11.5 Å². The smallest absolute Gasteiger partial charge is 0.343 e. The summed E-state index contributed by atoms with van der Waals surface area (Å²) < 4.78 is 21.6. The van der Waals surface area contributed by atoms with Crippen molar-refractivity contribution in [2.75, 3.05) is 19.8 Å². The molecule has 0 aliphatic rings. The van der Waals surface area contributed by atoms with E-state index in [-0.39, 0.29) is 11.9 Å². The van der Waals surface area contributed by atoms with Crippen LogP contribution >= 0.6 is 0 Å². The highest BCUT2D eigenvalue weighted by atomic mass is 16.5. The maximum Gasteiger partial charge on any atom is 0.343 e. The zero-order valence-electron chi connectivity index (χ0n) is 27.2. The molecule has 0 atom stereocenters. The van der Waals surface area contributed by atoms with Gasteiger partial charge in [0.25, 0.3) is 0 Å². The summed E-state index contributed by atoms with van der Waals surface area (Å²) in [7, 11) is 0. The molecule has 0 saturated carbocycles. The van der Waals surface area contributed by atoms with Crippen LogP contribution in [0.3, 0.4) is 0 Å². The van der Waals surface area contributed by atoms with E-state index in [9.17, 15) is 14.4 Å². The number of carbonyl (C=O) groups excluding carboxylic acids is 3. The van der Waals surface area contributed by atoms with E-state index in [4.69, 9.17) is 18.9 Å². The number of hydrogen-bond donors (Lipinski definition) is 0. The Morgan fingerprint density at radius 1 is 0.543 bits per heavy atom. The fraction of sp³-hybridized carbons (Fsp3) is 0.359. The van der Waals surface area contributed by atoms with Crippen molar-refractivity contribution in [3.05, 3.63) is 108 Å². The monoisotopic (exact) mass is 626 g/mol. The molecule has 0 aliphatic carbocycles. The van der Waals surface area contributed by atoms with Crippen LogP contribution in [0.1, 0.15) is 81.1 Å². The van der Waals surface area contributed by atoms with Crippen molar-refractivity contribution in [1.29, 1.82) is 0 Å². The van der Waals surface area contributed by atoms with Gasteiger partial charge in [0, 0.05) is 11.1 Å². The zero-order chi connectivity index (χ0) is 33.1. The molecule has 0 heterocycles. The van der Waals surface area contributed by atoms with Gasteiger partial charge in [-0.25, -0.2) is 14.4 Å². The molecule has 0 amide bonds. The average Bonchev–Trinajstić information content (AvgIpc) is 3.06. The number of rotatable bonds is 20. The summed E-state index contributed by atoms with van der Waals surface area (Å²) >= 11 is 0. The van der Waals surface area contributed by atoms with E-state index in [2.05, 4.69) is 37.4 Å². The summed E-state index contributed by atoms with van der Waals surface area (Å²) in [5.74, 6) is 0.0888. The largest absolute Gasteiger partial charge is 0.494 e. The predicted octanol–water partition coefficient (Wildman–Crippen LogP) is 8.85. The minimum Gasteiger partial charge on any atom is -0.494 e. The maximum atomic E-state index is 12.7. The molecule has 244 valence electrons. The molecule has 46 heavy (non-hydrogen) atoms. The first-order valence-corrected chi connectivity index (χ1v) is 16.0. The Balaban J connectivity index is 1.32. The summed E-state index contributed by atoms with van der Waals surface area (Å²) in [4.78, 5) is 35.4. The number of carbonyl (C=O) groups is 3. The summed E-state index contributed by atoms with van der Waals surface area (Å²) in [5.41, 5.74) is 4.73. The summed E-state index contributed by atoms with van der Waals surface area (Å²) in [5, 5.41) is 0. The van der Waals surface area contributed by atoms with Crippen molar-refractivity contribution in [3.63, 3.8) is 0 Å². The molecule has 0 bridgehead atoms. The lowest BCUT2D eigenvalue weighted by Gasteiger charge is -2.09. The molecular formula is C39H46O7. The first-order valence-electron chi connectivity index (χ1n) is 16.0. The van der Waals surface area contributed by atoms with Crippen molar-refractivity contribution >= 4 is 17.9 Å². The topological polar surface area (TPSA) is 88.1 Å². The Bertz CT molecular complexity index is 1420. The quantitative estimate of drug-likeness (QED) is 0.0536. The Labute approximate surface area is 273 Å². The maximum absolute atomic E-state index is 12.7. The van der Waals surface area contributed by atoms with Crippen LogP contribution in [0, 0.1) is 0 Å². The first kappa shape index (κ1) is 35.8. The summed E-state index contributed by atoms with van der Waals surface area (Å²) in [6.45, 7) is 11.9. The molecule has 3 aromatic rings. The van der Waals surface area contributed by atoms with Crippen LogP contribution in [0.15, 0.2) is 97.1 Å². The van der Waals surface area contributed by atoms with E-state index in [1.807, 2.05) is 12.1 Å². The molecule has 3 aromatic carbocycles. The Morgan fingerprint density at radius 3 is 1.52 bits per heavy atom.